The molecule has 3 aromatic heterocycles. The van der Waals surface area contributed by atoms with Crippen LogP contribution in [0.15, 0.2) is 34.0 Å². The summed E-state index contributed by atoms with van der Waals surface area (Å²) in [5, 5.41) is 9.49. The molecule has 0 radical (unpaired) electrons. The number of anilines is 1. The summed E-state index contributed by atoms with van der Waals surface area (Å²) in [6.45, 7) is 3.18. The molecule has 0 saturated carbocycles. The number of hydrogen-bond acceptors (Lipinski definition) is 6. The van der Waals surface area contributed by atoms with Gasteiger partial charge in [-0.05, 0) is 38.0 Å². The summed E-state index contributed by atoms with van der Waals surface area (Å²) in [6, 6.07) is 7.26. The van der Waals surface area contributed by atoms with Crippen LogP contribution in [0.4, 0.5) is 5.82 Å². The summed E-state index contributed by atoms with van der Waals surface area (Å²) >= 11 is 6.04. The van der Waals surface area contributed by atoms with Crippen molar-refractivity contribution in [3.63, 3.8) is 0 Å². The van der Waals surface area contributed by atoms with Gasteiger partial charge in [0.15, 0.2) is 5.65 Å². The summed E-state index contributed by atoms with van der Waals surface area (Å²) in [6.07, 6.45) is 2.84. The highest BCUT2D eigenvalue weighted by Gasteiger charge is 2.26. The molecule has 1 aliphatic rings. The molecule has 0 atom stereocenters. The number of pyridine rings is 2. The lowest BCUT2D eigenvalue weighted by Gasteiger charge is -2.34. The van der Waals surface area contributed by atoms with Gasteiger partial charge in [-0.2, -0.15) is 5.26 Å². The highest BCUT2D eigenvalue weighted by molar-refractivity contribution is 6.31. The Bertz CT molecular complexity index is 1260. The zero-order valence-electron chi connectivity index (χ0n) is 16.1. The maximum Gasteiger partial charge on any atom is 0.318 e. The van der Waals surface area contributed by atoms with Crippen molar-refractivity contribution in [1.29, 1.82) is 5.26 Å². The first kappa shape index (κ1) is 19.2. The van der Waals surface area contributed by atoms with Gasteiger partial charge in [0.05, 0.1) is 21.8 Å². The van der Waals surface area contributed by atoms with E-state index in [9.17, 15) is 9.59 Å². The molecule has 148 valence electrons. The van der Waals surface area contributed by atoms with E-state index in [1.165, 1.54) is 15.3 Å². The highest BCUT2D eigenvalue weighted by Crippen LogP contribution is 2.27. The van der Waals surface area contributed by atoms with Crippen LogP contribution in [0.25, 0.3) is 11.2 Å². The second-order valence-corrected chi connectivity index (χ2v) is 7.60. The van der Waals surface area contributed by atoms with Crippen molar-refractivity contribution in [2.45, 2.75) is 25.8 Å². The highest BCUT2D eigenvalue weighted by atomic mass is 35.5. The van der Waals surface area contributed by atoms with Crippen molar-refractivity contribution in [2.24, 2.45) is 7.05 Å². The number of nitriles is 1. The minimum atomic E-state index is -0.589. The maximum atomic E-state index is 12.8. The van der Waals surface area contributed by atoms with Crippen molar-refractivity contribution in [1.82, 2.24) is 19.1 Å². The normalized spacial score (nSPS) is 14.9. The fraction of sp³-hybridized carbons (Fsp3) is 0.350. The molecule has 0 N–H and O–H groups in total. The monoisotopic (exact) mass is 410 g/mol. The van der Waals surface area contributed by atoms with E-state index in [-0.39, 0.29) is 6.04 Å². The Kier molecular flexibility index (Phi) is 4.84. The van der Waals surface area contributed by atoms with Crippen LogP contribution >= 0.6 is 11.6 Å². The van der Waals surface area contributed by atoms with E-state index in [4.69, 9.17) is 16.9 Å². The standard InChI is InChI=1S/C20H19ClN6O2/c1-12-13(10-22)3-4-17(24-12)26-7-5-15(6-8-26)27-18-16(9-14(21)11-23-18)25(2)19(28)20(27)29/h3-4,9,11,15H,5-8H2,1-2H3. The van der Waals surface area contributed by atoms with Gasteiger partial charge >= 0.3 is 11.1 Å². The Balaban J connectivity index is 1.66. The van der Waals surface area contributed by atoms with Gasteiger partial charge in [-0.1, -0.05) is 11.6 Å². The Labute approximate surface area is 171 Å². The smallest absolute Gasteiger partial charge is 0.318 e. The zero-order valence-corrected chi connectivity index (χ0v) is 16.8. The molecule has 0 spiro atoms. The topological polar surface area (TPSA) is 96.8 Å². The molecule has 9 heteroatoms. The second-order valence-electron chi connectivity index (χ2n) is 7.17. The van der Waals surface area contributed by atoms with Crippen LogP contribution in [0.1, 0.15) is 30.1 Å². The Hall–Kier alpha value is -3.18. The van der Waals surface area contributed by atoms with Crippen LogP contribution in [0, 0.1) is 18.3 Å². The van der Waals surface area contributed by atoms with Crippen LogP contribution in [0.5, 0.6) is 0 Å². The van der Waals surface area contributed by atoms with Gasteiger partial charge in [0, 0.05) is 32.4 Å². The average molecular weight is 411 g/mol. The minimum Gasteiger partial charge on any atom is -0.356 e. The van der Waals surface area contributed by atoms with Crippen LogP contribution < -0.4 is 16.0 Å². The zero-order chi connectivity index (χ0) is 20.7. The molecule has 8 nitrogen and oxygen atoms in total. The van der Waals surface area contributed by atoms with Gasteiger partial charge < -0.3 is 9.47 Å². The molecule has 4 rings (SSSR count). The van der Waals surface area contributed by atoms with E-state index in [1.807, 2.05) is 13.0 Å². The van der Waals surface area contributed by atoms with E-state index in [2.05, 4.69) is 20.9 Å². The summed E-state index contributed by atoms with van der Waals surface area (Å²) in [7, 11) is 1.55. The summed E-state index contributed by atoms with van der Waals surface area (Å²) < 4.78 is 2.81. The Morgan fingerprint density at radius 1 is 1.21 bits per heavy atom. The summed E-state index contributed by atoms with van der Waals surface area (Å²) in [4.78, 5) is 36.2. The van der Waals surface area contributed by atoms with E-state index < -0.39 is 11.1 Å². The summed E-state index contributed by atoms with van der Waals surface area (Å²) in [5.41, 5.74) is 1.10. The van der Waals surface area contributed by atoms with Crippen LogP contribution in [0.2, 0.25) is 5.02 Å². The molecule has 29 heavy (non-hydrogen) atoms. The number of rotatable bonds is 2. The molecular formula is C20H19ClN6O2. The number of piperidine rings is 1. The molecule has 0 aromatic carbocycles. The lowest BCUT2D eigenvalue weighted by Crippen LogP contribution is -2.45. The van der Waals surface area contributed by atoms with Gasteiger partial charge in [-0.25, -0.2) is 9.97 Å². The molecule has 0 aliphatic carbocycles. The number of aromatic nitrogens is 4. The van der Waals surface area contributed by atoms with Gasteiger partial charge in [0.25, 0.3) is 0 Å². The molecule has 3 aromatic rings. The largest absolute Gasteiger partial charge is 0.356 e. The maximum absolute atomic E-state index is 12.8. The van der Waals surface area contributed by atoms with Crippen LogP contribution in [-0.2, 0) is 7.05 Å². The predicted octanol–water partition coefficient (Wildman–Crippen LogP) is 2.17. The van der Waals surface area contributed by atoms with Crippen LogP contribution in [-0.4, -0.2) is 32.2 Å². The second kappa shape index (κ2) is 7.33. The Morgan fingerprint density at radius 3 is 2.59 bits per heavy atom. The number of fused-ring (bicyclic) bond motifs is 1. The van der Waals surface area contributed by atoms with Crippen molar-refractivity contribution >= 4 is 28.6 Å². The Morgan fingerprint density at radius 2 is 1.93 bits per heavy atom. The lowest BCUT2D eigenvalue weighted by molar-refractivity contribution is 0.391. The molecule has 0 bridgehead atoms. The van der Waals surface area contributed by atoms with Crippen LogP contribution in [0.3, 0.4) is 0 Å². The third-order valence-electron chi connectivity index (χ3n) is 5.45. The molecular weight excluding hydrogens is 392 g/mol. The SMILES string of the molecule is Cc1nc(N2CCC(n3c(=O)c(=O)n(C)c4cc(Cl)cnc43)CC2)ccc1C#N. The van der Waals surface area contributed by atoms with Gasteiger partial charge in [0.2, 0.25) is 0 Å². The number of hydrogen-bond donors (Lipinski definition) is 0. The fourth-order valence-electron chi connectivity index (χ4n) is 3.84. The minimum absolute atomic E-state index is 0.136. The van der Waals surface area contributed by atoms with Crippen molar-refractivity contribution in [3.05, 3.63) is 61.4 Å². The van der Waals surface area contributed by atoms with Gasteiger partial charge in [-0.3, -0.25) is 14.2 Å². The average Bonchev–Trinajstić information content (AvgIpc) is 2.73. The van der Waals surface area contributed by atoms with Crippen molar-refractivity contribution in [3.8, 4) is 6.07 Å². The molecule has 1 saturated heterocycles. The van der Waals surface area contributed by atoms with E-state index >= 15 is 0 Å². The summed E-state index contributed by atoms with van der Waals surface area (Å²) in [5.74, 6) is 0.811. The first-order chi connectivity index (χ1) is 13.9. The lowest BCUT2D eigenvalue weighted by atomic mass is 10.0. The van der Waals surface area contributed by atoms with E-state index in [0.717, 1.165) is 5.82 Å². The number of aryl methyl sites for hydroxylation is 2. The van der Waals surface area contributed by atoms with Crippen molar-refractivity contribution in [2.75, 3.05) is 18.0 Å². The molecule has 0 amide bonds. The van der Waals surface area contributed by atoms with Gasteiger partial charge in [-0.15, -0.1) is 0 Å². The van der Waals surface area contributed by atoms with Gasteiger partial charge in [0.1, 0.15) is 11.9 Å². The predicted molar refractivity (Wildman–Crippen MR) is 110 cm³/mol. The molecule has 1 aliphatic heterocycles. The molecule has 1 fully saturated rings. The quantitative estimate of drug-likeness (QED) is 0.600. The third kappa shape index (κ3) is 3.28. The fourth-order valence-corrected chi connectivity index (χ4v) is 3.99. The van der Waals surface area contributed by atoms with E-state index in [1.54, 1.807) is 19.2 Å². The third-order valence-corrected chi connectivity index (χ3v) is 5.66. The van der Waals surface area contributed by atoms with E-state index in [0.29, 0.717) is 53.4 Å². The molecule has 4 heterocycles. The first-order valence-corrected chi connectivity index (χ1v) is 9.68. The molecule has 0 unspecified atom stereocenters. The first-order valence-electron chi connectivity index (χ1n) is 9.30. The number of nitrogens with zero attached hydrogens (tertiary/aromatic N) is 6. The van der Waals surface area contributed by atoms with Crippen molar-refractivity contribution < 1.29 is 0 Å². The number of halogens is 1.